The van der Waals surface area contributed by atoms with Crippen molar-refractivity contribution >= 4 is 0 Å². The fourth-order valence-corrected chi connectivity index (χ4v) is 4.72. The summed E-state index contributed by atoms with van der Waals surface area (Å²) in [7, 11) is 0. The second-order valence-corrected chi connectivity index (χ2v) is 8.75. The predicted molar refractivity (Wildman–Crippen MR) is 119 cm³/mol. The van der Waals surface area contributed by atoms with Crippen molar-refractivity contribution in [3.8, 4) is 11.1 Å². The lowest BCUT2D eigenvalue weighted by molar-refractivity contribution is 0.302. The van der Waals surface area contributed by atoms with Crippen molar-refractivity contribution in [3.05, 3.63) is 59.4 Å². The summed E-state index contributed by atoms with van der Waals surface area (Å²) in [6, 6.07) is 14.4. The topological polar surface area (TPSA) is 0 Å². The number of halogens is 1. The Hall–Kier alpha value is -1.63. The van der Waals surface area contributed by atoms with Crippen LogP contribution in [0.1, 0.15) is 95.1 Å². The molecule has 0 unspecified atom stereocenters. The molecule has 0 amide bonds. The van der Waals surface area contributed by atoms with Crippen LogP contribution in [0.3, 0.4) is 0 Å². The molecule has 28 heavy (non-hydrogen) atoms. The molecule has 0 aromatic heterocycles. The summed E-state index contributed by atoms with van der Waals surface area (Å²) in [4.78, 5) is 0. The third kappa shape index (κ3) is 5.69. The monoisotopic (exact) mass is 380 g/mol. The fraction of sp³-hybridized carbons (Fsp3) is 0.556. The lowest BCUT2D eigenvalue weighted by Gasteiger charge is -2.29. The highest BCUT2D eigenvalue weighted by molar-refractivity contribution is 5.65. The molecule has 2 aromatic rings. The summed E-state index contributed by atoms with van der Waals surface area (Å²) in [5.74, 6) is 1.38. The molecular weight excluding hydrogens is 343 g/mol. The van der Waals surface area contributed by atoms with Gasteiger partial charge in [-0.25, -0.2) is 4.39 Å². The van der Waals surface area contributed by atoms with E-state index in [9.17, 15) is 4.39 Å². The Kier molecular flexibility index (Phi) is 8.13. The van der Waals surface area contributed by atoms with Gasteiger partial charge >= 0.3 is 0 Å². The molecule has 1 saturated carbocycles. The molecule has 1 aliphatic rings. The summed E-state index contributed by atoms with van der Waals surface area (Å²) in [6.45, 7) is 4.49. The van der Waals surface area contributed by atoms with Crippen LogP contribution in [-0.2, 0) is 6.42 Å². The van der Waals surface area contributed by atoms with E-state index in [-0.39, 0.29) is 5.82 Å². The fourth-order valence-electron chi connectivity index (χ4n) is 4.72. The van der Waals surface area contributed by atoms with Gasteiger partial charge in [-0.05, 0) is 73.1 Å². The van der Waals surface area contributed by atoms with E-state index < -0.39 is 0 Å². The normalized spacial score (nSPS) is 19.7. The van der Waals surface area contributed by atoms with Crippen LogP contribution in [0.25, 0.3) is 11.1 Å². The Balaban J connectivity index is 1.60. The van der Waals surface area contributed by atoms with Crippen LogP contribution in [0.15, 0.2) is 42.5 Å². The van der Waals surface area contributed by atoms with Crippen LogP contribution in [-0.4, -0.2) is 0 Å². The largest absolute Gasteiger partial charge is 0.206 e. The van der Waals surface area contributed by atoms with Gasteiger partial charge in [0.05, 0.1) is 0 Å². The van der Waals surface area contributed by atoms with Crippen LogP contribution < -0.4 is 0 Å². The first-order valence-electron chi connectivity index (χ1n) is 11.6. The van der Waals surface area contributed by atoms with Crippen molar-refractivity contribution in [1.29, 1.82) is 0 Å². The van der Waals surface area contributed by atoms with Gasteiger partial charge in [0.25, 0.3) is 0 Å². The molecule has 1 aliphatic carbocycles. The van der Waals surface area contributed by atoms with Crippen molar-refractivity contribution in [3.63, 3.8) is 0 Å². The van der Waals surface area contributed by atoms with Gasteiger partial charge < -0.3 is 0 Å². The average Bonchev–Trinajstić information content (AvgIpc) is 2.73. The maximum Gasteiger partial charge on any atom is 0.131 e. The van der Waals surface area contributed by atoms with E-state index in [1.54, 1.807) is 0 Å². The number of rotatable bonds is 9. The number of hydrogen-bond acceptors (Lipinski definition) is 0. The Labute approximate surface area is 171 Å². The molecular formula is C27H37F. The van der Waals surface area contributed by atoms with Gasteiger partial charge in [-0.15, -0.1) is 0 Å². The molecule has 0 spiro atoms. The maximum absolute atomic E-state index is 14.9. The average molecular weight is 381 g/mol. The van der Waals surface area contributed by atoms with E-state index in [0.29, 0.717) is 5.92 Å². The molecule has 3 rings (SSSR count). The van der Waals surface area contributed by atoms with Crippen molar-refractivity contribution in [2.24, 2.45) is 5.92 Å². The molecule has 0 bridgehead atoms. The van der Waals surface area contributed by atoms with E-state index in [1.807, 2.05) is 12.1 Å². The molecule has 0 aliphatic heterocycles. The highest BCUT2D eigenvalue weighted by atomic mass is 19.1. The third-order valence-corrected chi connectivity index (χ3v) is 6.61. The summed E-state index contributed by atoms with van der Waals surface area (Å²) in [6.07, 6.45) is 14.1. The Morgan fingerprint density at radius 3 is 2.18 bits per heavy atom. The summed E-state index contributed by atoms with van der Waals surface area (Å²) < 4.78 is 14.9. The van der Waals surface area contributed by atoms with E-state index >= 15 is 0 Å². The Morgan fingerprint density at radius 2 is 1.54 bits per heavy atom. The van der Waals surface area contributed by atoms with Gasteiger partial charge in [0.2, 0.25) is 0 Å². The van der Waals surface area contributed by atoms with Gasteiger partial charge in [0.15, 0.2) is 0 Å². The number of unbranched alkanes of at least 4 members (excludes halogenated alkanes) is 3. The van der Waals surface area contributed by atoms with Crippen molar-refractivity contribution in [1.82, 2.24) is 0 Å². The zero-order valence-electron chi connectivity index (χ0n) is 17.9. The van der Waals surface area contributed by atoms with Gasteiger partial charge in [0.1, 0.15) is 5.82 Å². The van der Waals surface area contributed by atoms with Gasteiger partial charge in [0, 0.05) is 5.56 Å². The highest BCUT2D eigenvalue weighted by Crippen LogP contribution is 2.38. The molecule has 2 aromatic carbocycles. The molecule has 1 heteroatoms. The first kappa shape index (κ1) is 21.1. The Bertz CT molecular complexity index is 708. The zero-order chi connectivity index (χ0) is 19.8. The summed E-state index contributed by atoms with van der Waals surface area (Å²) in [5, 5.41) is 0. The molecule has 0 heterocycles. The molecule has 0 atom stereocenters. The summed E-state index contributed by atoms with van der Waals surface area (Å²) in [5.41, 5.74) is 4.27. The molecule has 0 nitrogen and oxygen atoms in total. The minimum atomic E-state index is -0.0659. The number of benzene rings is 2. The second-order valence-electron chi connectivity index (χ2n) is 8.75. The Morgan fingerprint density at radius 1 is 0.821 bits per heavy atom. The molecule has 152 valence electrons. The van der Waals surface area contributed by atoms with Crippen LogP contribution in [0.4, 0.5) is 4.39 Å². The lowest BCUT2D eigenvalue weighted by atomic mass is 9.77. The first-order valence-corrected chi connectivity index (χ1v) is 11.6. The standard InChI is InChI=1S/C27H37F/c1-3-5-7-9-22-10-14-23(15-11-22)25-18-19-26(27(28)20-25)24-16-12-21(13-17-24)8-6-4-2/h12-13,16-20,22-23H,3-11,14-15H2,1-2H3. The smallest absolute Gasteiger partial charge is 0.131 e. The molecule has 0 radical (unpaired) electrons. The minimum Gasteiger partial charge on any atom is -0.206 e. The zero-order valence-corrected chi connectivity index (χ0v) is 17.9. The van der Waals surface area contributed by atoms with E-state index in [4.69, 9.17) is 0 Å². The molecule has 1 fully saturated rings. The first-order chi connectivity index (χ1) is 13.7. The summed E-state index contributed by atoms with van der Waals surface area (Å²) >= 11 is 0. The predicted octanol–water partition coefficient (Wildman–Crippen LogP) is 8.69. The van der Waals surface area contributed by atoms with Gasteiger partial charge in [-0.1, -0.05) is 82.3 Å². The lowest BCUT2D eigenvalue weighted by Crippen LogP contribution is -2.13. The SMILES string of the molecule is CCCCCC1CCC(c2ccc(-c3ccc(CCCC)cc3)c(F)c2)CC1. The highest BCUT2D eigenvalue weighted by Gasteiger charge is 2.22. The molecule has 0 saturated heterocycles. The minimum absolute atomic E-state index is 0.0659. The van der Waals surface area contributed by atoms with Crippen LogP contribution in [0.5, 0.6) is 0 Å². The van der Waals surface area contributed by atoms with Crippen molar-refractivity contribution in [2.75, 3.05) is 0 Å². The van der Waals surface area contributed by atoms with E-state index in [0.717, 1.165) is 23.5 Å². The van der Waals surface area contributed by atoms with Gasteiger partial charge in [-0.2, -0.15) is 0 Å². The van der Waals surface area contributed by atoms with E-state index in [1.165, 1.54) is 75.3 Å². The quantitative estimate of drug-likeness (QED) is 0.382. The van der Waals surface area contributed by atoms with E-state index in [2.05, 4.69) is 44.2 Å². The van der Waals surface area contributed by atoms with Crippen LogP contribution in [0.2, 0.25) is 0 Å². The molecule has 0 N–H and O–H groups in total. The van der Waals surface area contributed by atoms with Crippen molar-refractivity contribution in [2.45, 2.75) is 90.4 Å². The number of hydrogen-bond donors (Lipinski definition) is 0. The van der Waals surface area contributed by atoms with Crippen LogP contribution >= 0.6 is 0 Å². The number of aryl methyl sites for hydroxylation is 1. The van der Waals surface area contributed by atoms with Crippen molar-refractivity contribution < 1.29 is 4.39 Å². The maximum atomic E-state index is 14.9. The third-order valence-electron chi connectivity index (χ3n) is 6.61. The van der Waals surface area contributed by atoms with Crippen LogP contribution in [0, 0.1) is 11.7 Å². The van der Waals surface area contributed by atoms with Gasteiger partial charge in [-0.3, -0.25) is 0 Å². The second kappa shape index (κ2) is 10.8.